The molecule has 8 nitrogen and oxygen atoms in total. The van der Waals surface area contributed by atoms with Crippen LogP contribution in [0.4, 0.5) is 16.9 Å². The molecule has 3 aromatic heterocycles. The zero-order valence-corrected chi connectivity index (χ0v) is 19.4. The van der Waals surface area contributed by atoms with Crippen molar-refractivity contribution in [3.63, 3.8) is 0 Å². The van der Waals surface area contributed by atoms with Crippen molar-refractivity contribution in [2.75, 3.05) is 29.5 Å². The first kappa shape index (κ1) is 21.1. The summed E-state index contributed by atoms with van der Waals surface area (Å²) in [6.45, 7) is 9.80. The van der Waals surface area contributed by atoms with E-state index >= 15 is 0 Å². The average molecular weight is 460 g/mol. The van der Waals surface area contributed by atoms with Crippen LogP contribution in [0.1, 0.15) is 22.4 Å². The Morgan fingerprint density at radius 2 is 2.00 bits per heavy atom. The molecule has 4 heterocycles. The summed E-state index contributed by atoms with van der Waals surface area (Å²) in [6.07, 6.45) is 4.41. The number of fused-ring (bicyclic) bond motifs is 2. The Morgan fingerprint density at radius 3 is 2.82 bits per heavy atom. The van der Waals surface area contributed by atoms with Gasteiger partial charge in [0.1, 0.15) is 28.5 Å². The zero-order valence-electron chi connectivity index (χ0n) is 18.6. The Labute approximate surface area is 196 Å². The number of nitrogen functional groups attached to an aromatic ring is 2. The first-order chi connectivity index (χ1) is 15.9. The number of nitrogens with two attached hydrogens (primary N) is 2. The van der Waals surface area contributed by atoms with E-state index in [9.17, 15) is 0 Å². The molecule has 1 aromatic carbocycles. The molecule has 168 valence electrons. The molecule has 4 N–H and O–H groups in total. The monoisotopic (exact) mass is 459 g/mol. The van der Waals surface area contributed by atoms with Crippen LogP contribution in [-0.4, -0.2) is 33.1 Å². The van der Waals surface area contributed by atoms with E-state index in [1.54, 1.807) is 0 Å². The molecule has 0 radical (unpaired) electrons. The summed E-state index contributed by atoms with van der Waals surface area (Å²) >= 11 is 1.39. The summed E-state index contributed by atoms with van der Waals surface area (Å²) in [6, 6.07) is 6.31. The Hall–Kier alpha value is -3.72. The quantitative estimate of drug-likeness (QED) is 0.439. The van der Waals surface area contributed by atoms with Gasteiger partial charge in [-0.15, -0.1) is 6.58 Å². The van der Waals surface area contributed by atoms with Crippen molar-refractivity contribution in [3.8, 4) is 16.9 Å². The van der Waals surface area contributed by atoms with Gasteiger partial charge in [-0.05, 0) is 49.6 Å². The van der Waals surface area contributed by atoms with Gasteiger partial charge in [0, 0.05) is 35.1 Å². The molecule has 0 saturated heterocycles. The average Bonchev–Trinajstić information content (AvgIpc) is 3.01. The lowest BCUT2D eigenvalue weighted by molar-refractivity contribution is 0.329. The predicted molar refractivity (Wildman–Crippen MR) is 134 cm³/mol. The summed E-state index contributed by atoms with van der Waals surface area (Å²) in [5, 5.41) is 0.520. The number of nitrogens with zero attached hydrogens (tertiary/aromatic N) is 5. The van der Waals surface area contributed by atoms with Crippen LogP contribution >= 0.6 is 11.3 Å². The largest absolute Gasteiger partial charge is 0.491 e. The maximum Gasteiger partial charge on any atom is 0.222 e. The van der Waals surface area contributed by atoms with Crippen LogP contribution in [0.3, 0.4) is 0 Å². The number of allylic oxidation sites excluding steroid dienone is 1. The van der Waals surface area contributed by atoms with Gasteiger partial charge < -0.3 is 21.1 Å². The maximum atomic E-state index is 6.18. The molecule has 0 atom stereocenters. The number of thiazole rings is 1. The minimum atomic E-state index is 0.271. The summed E-state index contributed by atoms with van der Waals surface area (Å²) in [5.74, 6) is 2.02. The number of aromatic nitrogens is 4. The number of aryl methyl sites for hydroxylation is 2. The molecule has 1 aliphatic rings. The fourth-order valence-corrected chi connectivity index (χ4v) is 4.96. The molecular formula is C24H25N7OS. The third-order valence-corrected chi connectivity index (χ3v) is 6.58. The van der Waals surface area contributed by atoms with Crippen LogP contribution in [0, 0.1) is 13.8 Å². The molecule has 4 aromatic rings. The van der Waals surface area contributed by atoms with E-state index in [1.165, 1.54) is 11.3 Å². The number of hydrogen-bond donors (Lipinski definition) is 2. The third-order valence-electron chi connectivity index (χ3n) is 5.78. The SMILES string of the molecule is C=CCc1c(C)nc(N)nc1N1CCOc2c(C)cc(-c3cnc4sc(N)nc4c3)cc2C1. The first-order valence-corrected chi connectivity index (χ1v) is 11.5. The van der Waals surface area contributed by atoms with E-state index in [0.29, 0.717) is 31.2 Å². The Kier molecular flexibility index (Phi) is 5.33. The van der Waals surface area contributed by atoms with Crippen LogP contribution in [-0.2, 0) is 13.0 Å². The van der Waals surface area contributed by atoms with E-state index in [0.717, 1.165) is 55.4 Å². The highest BCUT2D eigenvalue weighted by molar-refractivity contribution is 7.21. The molecule has 0 spiro atoms. The van der Waals surface area contributed by atoms with Gasteiger partial charge in [0.2, 0.25) is 5.95 Å². The van der Waals surface area contributed by atoms with E-state index in [2.05, 4.69) is 50.5 Å². The lowest BCUT2D eigenvalue weighted by Crippen LogP contribution is -2.28. The van der Waals surface area contributed by atoms with E-state index in [-0.39, 0.29) is 5.95 Å². The van der Waals surface area contributed by atoms with Crippen molar-refractivity contribution in [1.82, 2.24) is 19.9 Å². The van der Waals surface area contributed by atoms with Crippen molar-refractivity contribution in [2.45, 2.75) is 26.8 Å². The van der Waals surface area contributed by atoms with Crippen LogP contribution in [0.25, 0.3) is 21.5 Å². The summed E-state index contributed by atoms with van der Waals surface area (Å²) < 4.78 is 6.18. The lowest BCUT2D eigenvalue weighted by Gasteiger charge is -2.24. The van der Waals surface area contributed by atoms with Crippen molar-refractivity contribution in [2.24, 2.45) is 0 Å². The fourth-order valence-electron chi connectivity index (χ4n) is 4.31. The number of anilines is 3. The summed E-state index contributed by atoms with van der Waals surface area (Å²) in [4.78, 5) is 20.9. The molecule has 0 amide bonds. The lowest BCUT2D eigenvalue weighted by atomic mass is 9.99. The van der Waals surface area contributed by atoms with Gasteiger partial charge in [-0.3, -0.25) is 0 Å². The summed E-state index contributed by atoms with van der Waals surface area (Å²) in [7, 11) is 0. The second kappa shape index (κ2) is 8.32. The van der Waals surface area contributed by atoms with Gasteiger partial charge in [0.25, 0.3) is 0 Å². The summed E-state index contributed by atoms with van der Waals surface area (Å²) in [5.41, 5.74) is 18.8. The molecular weight excluding hydrogens is 434 g/mol. The number of pyridine rings is 1. The number of rotatable bonds is 4. The Morgan fingerprint density at radius 1 is 1.15 bits per heavy atom. The van der Waals surface area contributed by atoms with Gasteiger partial charge >= 0.3 is 0 Å². The van der Waals surface area contributed by atoms with Crippen molar-refractivity contribution in [3.05, 3.63) is 59.4 Å². The topological polar surface area (TPSA) is 116 Å². The number of hydrogen-bond acceptors (Lipinski definition) is 9. The van der Waals surface area contributed by atoms with Crippen LogP contribution < -0.4 is 21.1 Å². The first-order valence-electron chi connectivity index (χ1n) is 10.7. The highest BCUT2D eigenvalue weighted by atomic mass is 32.1. The molecule has 0 unspecified atom stereocenters. The number of benzene rings is 1. The molecule has 0 aliphatic carbocycles. The second-order valence-electron chi connectivity index (χ2n) is 8.11. The smallest absolute Gasteiger partial charge is 0.222 e. The maximum absolute atomic E-state index is 6.18. The van der Waals surface area contributed by atoms with Gasteiger partial charge in [0.05, 0.1) is 6.54 Å². The molecule has 0 fully saturated rings. The molecule has 0 saturated carbocycles. The zero-order chi connectivity index (χ0) is 23.1. The second-order valence-corrected chi connectivity index (χ2v) is 9.12. The fraction of sp³-hybridized carbons (Fsp3) is 0.250. The minimum Gasteiger partial charge on any atom is -0.491 e. The molecule has 9 heteroatoms. The standard InChI is InChI=1S/C24H25N7OS/c1-4-5-18-14(3)28-23(25)30-21(18)31-6-7-32-20-13(2)8-15(9-17(20)12-31)16-10-19-22(27-11-16)33-24(26)29-19/h4,8-11H,1,5-7,12H2,2-3H3,(H2,26,29)(H2,25,28,30). The predicted octanol–water partition coefficient (Wildman–Crippen LogP) is 4.06. The van der Waals surface area contributed by atoms with Gasteiger partial charge in [-0.2, -0.15) is 4.98 Å². The van der Waals surface area contributed by atoms with Gasteiger partial charge in [0.15, 0.2) is 5.13 Å². The van der Waals surface area contributed by atoms with E-state index < -0.39 is 0 Å². The third kappa shape index (κ3) is 3.95. The molecule has 1 aliphatic heterocycles. The van der Waals surface area contributed by atoms with Crippen LogP contribution in [0.5, 0.6) is 5.75 Å². The van der Waals surface area contributed by atoms with Gasteiger partial charge in [-0.25, -0.2) is 15.0 Å². The molecule has 5 rings (SSSR count). The Bertz CT molecular complexity index is 1380. The highest BCUT2D eigenvalue weighted by Crippen LogP contribution is 2.36. The Balaban J connectivity index is 1.57. The van der Waals surface area contributed by atoms with Crippen molar-refractivity contribution < 1.29 is 4.74 Å². The van der Waals surface area contributed by atoms with E-state index in [1.807, 2.05) is 25.3 Å². The van der Waals surface area contributed by atoms with Gasteiger partial charge in [-0.1, -0.05) is 17.4 Å². The number of ether oxygens (including phenoxy) is 1. The van der Waals surface area contributed by atoms with Crippen molar-refractivity contribution >= 4 is 38.6 Å². The highest BCUT2D eigenvalue weighted by Gasteiger charge is 2.23. The minimum absolute atomic E-state index is 0.271. The van der Waals surface area contributed by atoms with E-state index in [4.69, 9.17) is 16.2 Å². The van der Waals surface area contributed by atoms with Crippen molar-refractivity contribution in [1.29, 1.82) is 0 Å². The van der Waals surface area contributed by atoms with Crippen LogP contribution in [0.2, 0.25) is 0 Å². The molecule has 0 bridgehead atoms. The van der Waals surface area contributed by atoms with Crippen LogP contribution in [0.15, 0.2) is 37.1 Å². The normalized spacial score (nSPS) is 13.5. The molecule has 33 heavy (non-hydrogen) atoms.